The first-order valence-electron chi connectivity index (χ1n) is 9.04. The van der Waals surface area contributed by atoms with Crippen LogP contribution in [0.1, 0.15) is 38.5 Å². The number of likely N-dealkylation sites (tertiary alicyclic amines) is 1. The molecule has 3 N–H and O–H groups in total. The fourth-order valence-corrected chi connectivity index (χ4v) is 5.41. The molecule has 3 heterocycles. The van der Waals surface area contributed by atoms with Crippen molar-refractivity contribution in [3.05, 3.63) is 0 Å². The van der Waals surface area contributed by atoms with Gasteiger partial charge in [-0.05, 0) is 45.2 Å². The van der Waals surface area contributed by atoms with Crippen molar-refractivity contribution in [1.29, 1.82) is 0 Å². The van der Waals surface area contributed by atoms with Crippen LogP contribution in [0.25, 0.3) is 0 Å². The molecule has 0 radical (unpaired) electrons. The van der Waals surface area contributed by atoms with Crippen molar-refractivity contribution >= 4 is 33.0 Å². The van der Waals surface area contributed by atoms with Gasteiger partial charge in [0.1, 0.15) is 0 Å². The predicted molar refractivity (Wildman–Crippen MR) is 99.6 cm³/mol. The third kappa shape index (κ3) is 4.94. The van der Waals surface area contributed by atoms with Gasteiger partial charge in [0.15, 0.2) is 0 Å². The van der Waals surface area contributed by atoms with Crippen molar-refractivity contribution in [2.45, 2.75) is 38.5 Å². The van der Waals surface area contributed by atoms with Gasteiger partial charge in [-0.15, -0.1) is 10.5 Å². The van der Waals surface area contributed by atoms with E-state index in [9.17, 15) is 9.59 Å². The van der Waals surface area contributed by atoms with Crippen LogP contribution in [-0.4, -0.2) is 69.6 Å². The lowest BCUT2D eigenvalue weighted by Crippen LogP contribution is -2.47. The number of nitrogens with zero attached hydrogens (tertiary/aromatic N) is 3. The Bertz CT molecular complexity index is 568. The molecule has 0 aromatic carbocycles. The van der Waals surface area contributed by atoms with Gasteiger partial charge in [-0.2, -0.15) is 10.2 Å². The molecular weight excluding hydrogens is 342 g/mol. The van der Waals surface area contributed by atoms with E-state index in [1.54, 1.807) is 0 Å². The summed E-state index contributed by atoms with van der Waals surface area (Å²) in [5.41, 5.74) is 4.75. The quantitative estimate of drug-likeness (QED) is 0.633. The summed E-state index contributed by atoms with van der Waals surface area (Å²) >= 11 is 0. The molecule has 0 aliphatic carbocycles. The van der Waals surface area contributed by atoms with Crippen LogP contribution in [0.5, 0.6) is 0 Å². The first kappa shape index (κ1) is 18.2. The topological polar surface area (TPSA) is 97.3 Å². The Labute approximate surface area is 150 Å². The molecule has 3 rings (SSSR count). The monoisotopic (exact) mass is 369 g/mol. The van der Waals surface area contributed by atoms with Gasteiger partial charge in [-0.3, -0.25) is 4.79 Å². The van der Waals surface area contributed by atoms with Gasteiger partial charge in [-0.1, -0.05) is 0 Å². The summed E-state index contributed by atoms with van der Waals surface area (Å²) in [5, 5.41) is 19.5. The van der Waals surface area contributed by atoms with E-state index >= 15 is 0 Å². The van der Waals surface area contributed by atoms with Gasteiger partial charge in [0, 0.05) is 24.8 Å². The van der Waals surface area contributed by atoms with Crippen LogP contribution in [0, 0.1) is 5.92 Å². The lowest BCUT2D eigenvalue weighted by Gasteiger charge is -2.28. The number of amides is 2. The second-order valence-corrected chi connectivity index (χ2v) is 8.55. The normalized spacial score (nSPS) is 24.6. The van der Waals surface area contributed by atoms with E-state index in [0.717, 1.165) is 56.9 Å². The Hall–Kier alpha value is -1.61. The number of piperidine rings is 2. The highest BCUT2D eigenvalue weighted by molar-refractivity contribution is 8.28. The molecule has 2 fully saturated rings. The number of hydrazine groups is 1. The number of carbonyl (C=O) groups excluding carboxylic acids is 1. The number of nitrogens with one attached hydrogen (secondary N) is 2. The van der Waals surface area contributed by atoms with Crippen molar-refractivity contribution in [3.8, 4) is 0 Å². The maximum absolute atomic E-state index is 12.4. The highest BCUT2D eigenvalue weighted by Crippen LogP contribution is 2.31. The maximum atomic E-state index is 12.4. The Morgan fingerprint density at radius 1 is 1.28 bits per heavy atom. The summed E-state index contributed by atoms with van der Waals surface area (Å²) in [6.07, 6.45) is 5.41. The summed E-state index contributed by atoms with van der Waals surface area (Å²) in [7, 11) is -0.326. The fourth-order valence-electron chi connectivity index (χ4n) is 3.39. The van der Waals surface area contributed by atoms with Crippen molar-refractivity contribution in [2.24, 2.45) is 11.0 Å². The summed E-state index contributed by atoms with van der Waals surface area (Å²) in [4.78, 5) is 25.2. The maximum Gasteiger partial charge on any atom is 0.337 e. The first-order chi connectivity index (χ1) is 12.1. The predicted octanol–water partition coefficient (Wildman–Crippen LogP) is 1.23. The smallest absolute Gasteiger partial charge is 0.337 e. The molecular formula is C16H27N5O3S. The third-order valence-electron chi connectivity index (χ3n) is 4.78. The average Bonchev–Trinajstić information content (AvgIpc) is 3.04. The van der Waals surface area contributed by atoms with Crippen LogP contribution in [0.4, 0.5) is 4.79 Å². The van der Waals surface area contributed by atoms with E-state index in [1.165, 1.54) is 11.5 Å². The number of urea groups is 1. The first-order valence-corrected chi connectivity index (χ1v) is 10.5. The number of aliphatic carboxylic acids is 1. The van der Waals surface area contributed by atoms with E-state index in [4.69, 9.17) is 5.11 Å². The molecule has 140 valence electrons. The molecule has 3 aliphatic rings. The molecule has 9 heteroatoms. The molecule has 8 nitrogen and oxygen atoms in total. The molecule has 0 spiro atoms. The van der Waals surface area contributed by atoms with E-state index in [2.05, 4.69) is 15.8 Å². The lowest BCUT2D eigenvalue weighted by atomic mass is 10.00. The number of hydrazone groups is 1. The molecule has 3 aliphatic heterocycles. The number of carbonyl (C=O) groups is 2. The minimum atomic E-state index is -0.790. The Morgan fingerprint density at radius 3 is 2.68 bits per heavy atom. The third-order valence-corrected chi connectivity index (χ3v) is 6.83. The minimum absolute atomic E-state index is 0.118. The van der Waals surface area contributed by atoms with Crippen LogP contribution in [-0.2, 0) is 4.79 Å². The molecule has 0 aromatic rings. The Morgan fingerprint density at radius 2 is 2.00 bits per heavy atom. The summed E-state index contributed by atoms with van der Waals surface area (Å²) in [6.45, 7) is 3.49. The van der Waals surface area contributed by atoms with Gasteiger partial charge in [0.25, 0.3) is 0 Å². The average molecular weight is 369 g/mol. The van der Waals surface area contributed by atoms with Gasteiger partial charge in [0.2, 0.25) is 0 Å². The number of carboxylic acid groups (broad SMARTS) is 1. The van der Waals surface area contributed by atoms with Crippen LogP contribution in [0.2, 0.25) is 0 Å². The SMILES string of the molecule is O=C(O)CCS1=CN(NC(=O)N2CCCCC2)N=C1C1CCNCC1. The molecule has 25 heavy (non-hydrogen) atoms. The molecule has 0 aromatic heterocycles. The minimum Gasteiger partial charge on any atom is -0.481 e. The zero-order chi connectivity index (χ0) is 17.6. The Kier molecular flexibility index (Phi) is 6.30. The zero-order valence-corrected chi connectivity index (χ0v) is 15.3. The highest BCUT2D eigenvalue weighted by Gasteiger charge is 2.28. The number of carboxylic acids is 1. The summed E-state index contributed by atoms with van der Waals surface area (Å²) in [6, 6.07) is -0.118. The molecule has 1 unspecified atom stereocenters. The van der Waals surface area contributed by atoms with Crippen molar-refractivity contribution in [1.82, 2.24) is 20.8 Å². The van der Waals surface area contributed by atoms with Crippen molar-refractivity contribution < 1.29 is 14.7 Å². The lowest BCUT2D eigenvalue weighted by molar-refractivity contribution is -0.136. The Balaban J connectivity index is 1.66. The zero-order valence-electron chi connectivity index (χ0n) is 14.4. The van der Waals surface area contributed by atoms with Crippen LogP contribution in [0.3, 0.4) is 0 Å². The second-order valence-electron chi connectivity index (χ2n) is 6.65. The molecule has 2 amide bonds. The second kappa shape index (κ2) is 8.66. The fraction of sp³-hybridized carbons (Fsp3) is 0.750. The number of hydrogen-bond acceptors (Lipinski definition) is 5. The summed E-state index contributed by atoms with van der Waals surface area (Å²) < 4.78 is 0. The van der Waals surface area contributed by atoms with Gasteiger partial charge in [-0.25, -0.2) is 10.2 Å². The standard InChI is InChI=1S/C16H27N5O3S/c22-14(23)6-11-25-12-21(18-15(25)13-4-7-17-8-5-13)19-16(24)20-9-2-1-3-10-20/h12-13,17H,1-11H2,(H,19,24)(H,22,23). The van der Waals surface area contributed by atoms with E-state index in [1.807, 2.05) is 10.4 Å². The molecule has 0 bridgehead atoms. The van der Waals surface area contributed by atoms with Gasteiger partial charge < -0.3 is 15.3 Å². The van der Waals surface area contributed by atoms with Gasteiger partial charge >= 0.3 is 12.0 Å². The van der Waals surface area contributed by atoms with E-state index in [-0.39, 0.29) is 22.9 Å². The largest absolute Gasteiger partial charge is 0.481 e. The number of rotatable bonds is 5. The van der Waals surface area contributed by atoms with Crippen LogP contribution in [0.15, 0.2) is 5.10 Å². The highest BCUT2D eigenvalue weighted by atomic mass is 32.2. The summed E-state index contributed by atoms with van der Waals surface area (Å²) in [5.74, 6) is 0.127. The molecule has 2 saturated heterocycles. The molecule has 0 saturated carbocycles. The van der Waals surface area contributed by atoms with E-state index < -0.39 is 5.97 Å². The van der Waals surface area contributed by atoms with Crippen molar-refractivity contribution in [3.63, 3.8) is 0 Å². The van der Waals surface area contributed by atoms with Gasteiger partial charge in [0.05, 0.1) is 17.0 Å². The van der Waals surface area contributed by atoms with Crippen molar-refractivity contribution in [2.75, 3.05) is 31.9 Å². The number of hydrogen-bond donors (Lipinski definition) is 3. The van der Waals surface area contributed by atoms with Crippen LogP contribution < -0.4 is 10.7 Å². The molecule has 1 atom stereocenters. The van der Waals surface area contributed by atoms with E-state index in [0.29, 0.717) is 11.7 Å². The van der Waals surface area contributed by atoms with Crippen LogP contribution >= 0.6 is 10.5 Å².